The van der Waals surface area contributed by atoms with Crippen molar-refractivity contribution in [2.24, 2.45) is 0 Å². The molecule has 0 fully saturated rings. The highest BCUT2D eigenvalue weighted by atomic mass is 35.5. The van der Waals surface area contributed by atoms with Crippen LogP contribution in [0.1, 0.15) is 49.2 Å². The second-order valence-corrected chi connectivity index (χ2v) is 7.79. The molecule has 2 atom stereocenters. The zero-order chi connectivity index (χ0) is 19.3. The number of aromatic amines is 2. The van der Waals surface area contributed by atoms with Gasteiger partial charge in [0.1, 0.15) is 5.56 Å². The molecular formula is C19H21ClN4O2S. The minimum absolute atomic E-state index is 0.0299. The average molecular weight is 405 g/mol. The molecule has 4 N–H and O–H groups in total. The van der Waals surface area contributed by atoms with Gasteiger partial charge in [0.25, 0.3) is 5.56 Å². The average Bonchev–Trinajstić information content (AvgIpc) is 3.00. The Labute approximate surface area is 166 Å². The molecule has 6 nitrogen and oxygen atoms in total. The number of halogens is 1. The van der Waals surface area contributed by atoms with Gasteiger partial charge in [0.15, 0.2) is 4.77 Å². The molecule has 0 spiro atoms. The number of H-pyrrole nitrogens is 2. The van der Waals surface area contributed by atoms with Gasteiger partial charge in [-0.05, 0) is 55.7 Å². The Hall–Kier alpha value is -2.09. The van der Waals surface area contributed by atoms with Crippen molar-refractivity contribution >= 4 is 34.7 Å². The number of fused-ring (bicyclic) bond motifs is 3. The fourth-order valence-corrected chi connectivity index (χ4v) is 4.38. The van der Waals surface area contributed by atoms with Crippen molar-refractivity contribution in [2.75, 3.05) is 6.54 Å². The zero-order valence-electron chi connectivity index (χ0n) is 15.1. The first-order valence-electron chi connectivity index (χ1n) is 9.03. The number of aromatic nitrogens is 3. The van der Waals surface area contributed by atoms with Crippen molar-refractivity contribution in [3.63, 3.8) is 0 Å². The molecule has 0 radical (unpaired) electrons. The van der Waals surface area contributed by atoms with Gasteiger partial charge in [-0.25, -0.2) is 0 Å². The monoisotopic (exact) mass is 404 g/mol. The molecule has 3 heterocycles. The van der Waals surface area contributed by atoms with E-state index in [1.165, 1.54) is 0 Å². The van der Waals surface area contributed by atoms with Gasteiger partial charge in [-0.1, -0.05) is 18.5 Å². The summed E-state index contributed by atoms with van der Waals surface area (Å²) < 4.78 is 1.84. The Morgan fingerprint density at radius 2 is 2.19 bits per heavy atom. The van der Waals surface area contributed by atoms with E-state index in [0.717, 1.165) is 35.0 Å². The number of hydrogen-bond acceptors (Lipinski definition) is 4. The fourth-order valence-electron chi connectivity index (χ4n) is 3.85. The molecule has 8 heteroatoms. The molecule has 0 bridgehead atoms. The van der Waals surface area contributed by atoms with Gasteiger partial charge in [-0.3, -0.25) is 14.3 Å². The molecule has 0 unspecified atom stereocenters. The number of benzene rings is 1. The summed E-state index contributed by atoms with van der Waals surface area (Å²) in [6, 6.07) is 5.22. The van der Waals surface area contributed by atoms with Crippen molar-refractivity contribution in [1.29, 1.82) is 0 Å². The maximum Gasteiger partial charge on any atom is 0.260 e. The van der Waals surface area contributed by atoms with Gasteiger partial charge in [-0.2, -0.15) is 0 Å². The van der Waals surface area contributed by atoms with Crippen LogP contribution in [0, 0.1) is 4.77 Å². The summed E-state index contributed by atoms with van der Waals surface area (Å²) in [6.45, 7) is 4.66. The molecule has 27 heavy (non-hydrogen) atoms. The highest BCUT2D eigenvalue weighted by molar-refractivity contribution is 7.71. The number of nitrogens with zero attached hydrogens (tertiary/aromatic N) is 1. The first-order valence-corrected chi connectivity index (χ1v) is 9.82. The molecule has 2 aromatic heterocycles. The molecule has 0 aliphatic carbocycles. The Morgan fingerprint density at radius 3 is 2.93 bits per heavy atom. The largest absolute Gasteiger partial charge is 0.494 e. The Morgan fingerprint density at radius 1 is 1.41 bits per heavy atom. The van der Waals surface area contributed by atoms with Gasteiger partial charge >= 0.3 is 0 Å². The topological polar surface area (TPSA) is 85.8 Å². The standard InChI is InChI=1S/C19H21ClN4O2S/c1-3-9(2)24-18(26)14(17(25)23-19(24)27)16-15-11(6-7-21-16)12-8-10(20)4-5-13(12)22-15/h4-5,8-9,16,21-22,26H,3,6-7H2,1-2H3,(H,23,25,27)/t9-,16-/m1/s1. The highest BCUT2D eigenvalue weighted by Gasteiger charge is 2.31. The molecule has 4 rings (SSSR count). The van der Waals surface area contributed by atoms with E-state index in [9.17, 15) is 9.90 Å². The smallest absolute Gasteiger partial charge is 0.260 e. The van der Waals surface area contributed by atoms with Crippen LogP contribution in [0.3, 0.4) is 0 Å². The van der Waals surface area contributed by atoms with Gasteiger partial charge < -0.3 is 15.4 Å². The predicted molar refractivity (Wildman–Crippen MR) is 109 cm³/mol. The molecular weight excluding hydrogens is 384 g/mol. The lowest BCUT2D eigenvalue weighted by molar-refractivity contribution is 0.358. The summed E-state index contributed by atoms with van der Waals surface area (Å²) in [5.74, 6) is -0.0832. The molecule has 142 valence electrons. The van der Waals surface area contributed by atoms with Gasteiger partial charge in [-0.15, -0.1) is 0 Å². The summed E-state index contributed by atoms with van der Waals surface area (Å²) in [4.78, 5) is 18.9. The molecule has 0 amide bonds. The second-order valence-electron chi connectivity index (χ2n) is 6.97. The van der Waals surface area contributed by atoms with E-state index >= 15 is 0 Å². The van der Waals surface area contributed by atoms with Gasteiger partial charge in [0.05, 0.1) is 6.04 Å². The molecule has 0 saturated carbocycles. The lowest BCUT2D eigenvalue weighted by Gasteiger charge is -2.26. The van der Waals surface area contributed by atoms with Crippen LogP contribution >= 0.6 is 23.8 Å². The summed E-state index contributed by atoms with van der Waals surface area (Å²) in [6.07, 6.45) is 1.59. The third-order valence-corrected chi connectivity index (χ3v) is 5.92. The van der Waals surface area contributed by atoms with Crippen LogP contribution < -0.4 is 10.9 Å². The molecule has 1 aromatic carbocycles. The Bertz CT molecular complexity index is 1150. The lowest BCUT2D eigenvalue weighted by atomic mass is 9.95. The van der Waals surface area contributed by atoms with Crippen LogP contribution in [0.2, 0.25) is 5.02 Å². The quantitative estimate of drug-likeness (QED) is 0.498. The Balaban J connectivity index is 1.96. The SMILES string of the molecule is CC[C@@H](C)n1c(O)c([C@H]2NCCc3c2[nH]c2ccc(Cl)cc32)c(=O)[nH]c1=S. The van der Waals surface area contributed by atoms with Crippen molar-refractivity contribution in [3.05, 3.63) is 55.2 Å². The first-order chi connectivity index (χ1) is 12.9. The summed E-state index contributed by atoms with van der Waals surface area (Å²) >= 11 is 11.5. The van der Waals surface area contributed by atoms with E-state index in [-0.39, 0.29) is 27.8 Å². The van der Waals surface area contributed by atoms with Crippen LogP contribution in [0.4, 0.5) is 0 Å². The van der Waals surface area contributed by atoms with Crippen molar-refractivity contribution in [3.8, 4) is 5.88 Å². The van der Waals surface area contributed by atoms with Crippen LogP contribution in [0.25, 0.3) is 10.9 Å². The van der Waals surface area contributed by atoms with E-state index in [2.05, 4.69) is 15.3 Å². The Kier molecular flexibility index (Phi) is 4.61. The predicted octanol–water partition coefficient (Wildman–Crippen LogP) is 3.95. The lowest BCUT2D eigenvalue weighted by Crippen LogP contribution is -2.35. The van der Waals surface area contributed by atoms with E-state index in [1.54, 1.807) is 4.57 Å². The van der Waals surface area contributed by atoms with E-state index < -0.39 is 6.04 Å². The van der Waals surface area contributed by atoms with Gasteiger partial charge in [0.2, 0.25) is 5.88 Å². The van der Waals surface area contributed by atoms with Crippen LogP contribution in [0.15, 0.2) is 23.0 Å². The zero-order valence-corrected chi connectivity index (χ0v) is 16.7. The van der Waals surface area contributed by atoms with Crippen LogP contribution in [-0.2, 0) is 6.42 Å². The maximum atomic E-state index is 12.7. The van der Waals surface area contributed by atoms with Crippen molar-refractivity contribution in [2.45, 2.75) is 38.8 Å². The molecule has 3 aromatic rings. The van der Waals surface area contributed by atoms with E-state index in [0.29, 0.717) is 11.6 Å². The minimum atomic E-state index is -0.449. The summed E-state index contributed by atoms with van der Waals surface area (Å²) in [5, 5.41) is 16.0. The van der Waals surface area contributed by atoms with Crippen molar-refractivity contribution in [1.82, 2.24) is 19.9 Å². The molecule has 1 aliphatic rings. The fraction of sp³-hybridized carbons (Fsp3) is 0.368. The minimum Gasteiger partial charge on any atom is -0.494 e. The van der Waals surface area contributed by atoms with E-state index in [4.69, 9.17) is 23.8 Å². The number of rotatable bonds is 3. The maximum absolute atomic E-state index is 12.7. The first kappa shape index (κ1) is 18.3. The highest BCUT2D eigenvalue weighted by Crippen LogP contribution is 2.36. The number of aromatic hydroxyl groups is 1. The third-order valence-electron chi connectivity index (χ3n) is 5.39. The van der Waals surface area contributed by atoms with Gasteiger partial charge in [0, 0.05) is 34.2 Å². The second kappa shape index (κ2) is 6.82. The number of nitrogens with one attached hydrogen (secondary N) is 3. The van der Waals surface area contributed by atoms with Crippen molar-refractivity contribution < 1.29 is 5.11 Å². The third kappa shape index (κ3) is 2.90. The molecule has 0 saturated heterocycles. The normalized spacial score (nSPS) is 17.8. The number of hydrogen-bond donors (Lipinski definition) is 4. The van der Waals surface area contributed by atoms with E-state index in [1.807, 2.05) is 32.0 Å². The van der Waals surface area contributed by atoms with Crippen LogP contribution in [0.5, 0.6) is 5.88 Å². The van der Waals surface area contributed by atoms with Crippen LogP contribution in [-0.4, -0.2) is 26.2 Å². The summed E-state index contributed by atoms with van der Waals surface area (Å²) in [7, 11) is 0. The summed E-state index contributed by atoms with van der Waals surface area (Å²) in [5.41, 5.74) is 2.87. The molecule has 1 aliphatic heterocycles.